The van der Waals surface area contributed by atoms with Gasteiger partial charge in [0.2, 0.25) is 0 Å². The SMILES string of the molecule is CNC(c1ccc(C)c(C)c1)c1ccc(Cl)o1. The van der Waals surface area contributed by atoms with Gasteiger partial charge in [-0.05, 0) is 61.3 Å². The van der Waals surface area contributed by atoms with Crippen LogP contribution in [0.3, 0.4) is 0 Å². The van der Waals surface area contributed by atoms with Gasteiger partial charge in [-0.15, -0.1) is 0 Å². The molecule has 0 amide bonds. The molecule has 0 fully saturated rings. The highest BCUT2D eigenvalue weighted by atomic mass is 35.5. The average molecular weight is 250 g/mol. The Hall–Kier alpha value is -1.25. The molecule has 1 N–H and O–H groups in total. The van der Waals surface area contributed by atoms with Crippen LogP contribution in [0.1, 0.15) is 28.5 Å². The van der Waals surface area contributed by atoms with Crippen molar-refractivity contribution in [2.45, 2.75) is 19.9 Å². The summed E-state index contributed by atoms with van der Waals surface area (Å²) < 4.78 is 5.46. The Balaban J connectivity index is 2.38. The van der Waals surface area contributed by atoms with Gasteiger partial charge in [0.25, 0.3) is 0 Å². The predicted molar refractivity (Wildman–Crippen MR) is 70.5 cm³/mol. The minimum absolute atomic E-state index is 0.0433. The van der Waals surface area contributed by atoms with Gasteiger partial charge in [0, 0.05) is 0 Å². The van der Waals surface area contributed by atoms with Crippen LogP contribution in [0.5, 0.6) is 0 Å². The molecular weight excluding hydrogens is 234 g/mol. The van der Waals surface area contributed by atoms with Crippen molar-refractivity contribution in [1.82, 2.24) is 5.32 Å². The van der Waals surface area contributed by atoms with Gasteiger partial charge in [0.1, 0.15) is 5.76 Å². The first-order valence-corrected chi connectivity index (χ1v) is 5.99. The van der Waals surface area contributed by atoms with Crippen LogP contribution >= 0.6 is 11.6 Å². The fourth-order valence-corrected chi connectivity index (χ4v) is 2.05. The monoisotopic (exact) mass is 249 g/mol. The molecule has 1 unspecified atom stereocenters. The smallest absolute Gasteiger partial charge is 0.193 e. The van der Waals surface area contributed by atoms with E-state index in [1.165, 1.54) is 16.7 Å². The van der Waals surface area contributed by atoms with Gasteiger partial charge in [-0.25, -0.2) is 0 Å². The Bertz CT molecular complexity index is 519. The Morgan fingerprint density at radius 1 is 1.12 bits per heavy atom. The van der Waals surface area contributed by atoms with Crippen molar-refractivity contribution in [2.24, 2.45) is 0 Å². The van der Waals surface area contributed by atoms with Gasteiger partial charge in [0.05, 0.1) is 6.04 Å². The summed E-state index contributed by atoms with van der Waals surface area (Å²) >= 11 is 5.81. The molecule has 2 nitrogen and oxygen atoms in total. The summed E-state index contributed by atoms with van der Waals surface area (Å²) in [6.45, 7) is 4.22. The van der Waals surface area contributed by atoms with Crippen LogP contribution in [0.15, 0.2) is 34.7 Å². The molecule has 2 rings (SSSR count). The number of hydrogen-bond donors (Lipinski definition) is 1. The maximum atomic E-state index is 5.81. The van der Waals surface area contributed by atoms with Crippen molar-refractivity contribution >= 4 is 11.6 Å². The molecule has 1 aromatic heterocycles. The lowest BCUT2D eigenvalue weighted by Crippen LogP contribution is -2.17. The molecule has 0 spiro atoms. The normalized spacial score (nSPS) is 12.7. The van der Waals surface area contributed by atoms with Crippen LogP contribution in [0.2, 0.25) is 5.22 Å². The Labute approximate surface area is 107 Å². The largest absolute Gasteiger partial charge is 0.448 e. The maximum absolute atomic E-state index is 5.81. The second kappa shape index (κ2) is 4.94. The molecule has 0 aliphatic carbocycles. The molecule has 1 aromatic carbocycles. The van der Waals surface area contributed by atoms with Crippen LogP contribution in [-0.2, 0) is 0 Å². The fraction of sp³-hybridized carbons (Fsp3) is 0.286. The zero-order valence-corrected chi connectivity index (χ0v) is 11.0. The number of furan rings is 1. The van der Waals surface area contributed by atoms with Crippen molar-refractivity contribution in [3.8, 4) is 0 Å². The van der Waals surface area contributed by atoms with E-state index in [1.807, 2.05) is 13.1 Å². The zero-order chi connectivity index (χ0) is 12.4. The van der Waals surface area contributed by atoms with E-state index in [2.05, 4.69) is 37.4 Å². The van der Waals surface area contributed by atoms with E-state index in [0.29, 0.717) is 5.22 Å². The van der Waals surface area contributed by atoms with Gasteiger partial charge in [0.15, 0.2) is 5.22 Å². The first kappa shape index (κ1) is 12.2. The van der Waals surface area contributed by atoms with Crippen LogP contribution in [0.4, 0.5) is 0 Å². The van der Waals surface area contributed by atoms with E-state index in [0.717, 1.165) is 5.76 Å². The molecule has 0 bridgehead atoms. The highest BCUT2D eigenvalue weighted by Crippen LogP contribution is 2.26. The van der Waals surface area contributed by atoms with Gasteiger partial charge in [-0.3, -0.25) is 0 Å². The molecule has 1 atom stereocenters. The second-order valence-corrected chi connectivity index (χ2v) is 4.58. The number of aryl methyl sites for hydroxylation is 2. The van der Waals surface area contributed by atoms with Crippen molar-refractivity contribution in [1.29, 1.82) is 0 Å². The number of benzene rings is 1. The standard InChI is InChI=1S/C14H16ClNO/c1-9-4-5-11(8-10(9)2)14(16-3)12-6-7-13(15)17-12/h4-8,14,16H,1-3H3. The molecule has 0 saturated carbocycles. The van der Waals surface area contributed by atoms with Gasteiger partial charge >= 0.3 is 0 Å². The number of hydrogen-bond acceptors (Lipinski definition) is 2. The molecule has 1 heterocycles. The molecule has 0 aliphatic heterocycles. The van der Waals surface area contributed by atoms with Crippen LogP contribution in [0.25, 0.3) is 0 Å². The summed E-state index contributed by atoms with van der Waals surface area (Å²) in [5.41, 5.74) is 3.75. The summed E-state index contributed by atoms with van der Waals surface area (Å²) in [4.78, 5) is 0. The van der Waals surface area contributed by atoms with Gasteiger partial charge in [-0.2, -0.15) is 0 Å². The third-order valence-electron chi connectivity index (χ3n) is 3.03. The lowest BCUT2D eigenvalue weighted by atomic mass is 10.00. The minimum Gasteiger partial charge on any atom is -0.448 e. The first-order valence-electron chi connectivity index (χ1n) is 5.61. The highest BCUT2D eigenvalue weighted by Gasteiger charge is 2.16. The molecule has 90 valence electrons. The predicted octanol–water partition coefficient (Wildman–Crippen LogP) is 3.86. The molecule has 17 heavy (non-hydrogen) atoms. The van der Waals surface area contributed by atoms with E-state index in [4.69, 9.17) is 16.0 Å². The van der Waals surface area contributed by atoms with Gasteiger partial charge in [-0.1, -0.05) is 18.2 Å². The zero-order valence-electron chi connectivity index (χ0n) is 10.3. The lowest BCUT2D eigenvalue weighted by Gasteiger charge is -2.15. The van der Waals surface area contributed by atoms with E-state index in [-0.39, 0.29) is 6.04 Å². The molecule has 0 aliphatic rings. The lowest BCUT2D eigenvalue weighted by molar-refractivity contribution is 0.464. The summed E-state index contributed by atoms with van der Waals surface area (Å²) in [6, 6.07) is 10.1. The number of halogens is 1. The topological polar surface area (TPSA) is 25.2 Å². The van der Waals surface area contributed by atoms with E-state index in [9.17, 15) is 0 Å². The maximum Gasteiger partial charge on any atom is 0.193 e. The molecule has 2 aromatic rings. The Morgan fingerprint density at radius 3 is 2.41 bits per heavy atom. The summed E-state index contributed by atoms with van der Waals surface area (Å²) in [5.74, 6) is 0.834. The van der Waals surface area contributed by atoms with Crippen LogP contribution in [0, 0.1) is 13.8 Å². The third-order valence-corrected chi connectivity index (χ3v) is 3.23. The summed E-state index contributed by atoms with van der Waals surface area (Å²) in [7, 11) is 1.91. The highest BCUT2D eigenvalue weighted by molar-refractivity contribution is 6.28. The number of rotatable bonds is 3. The van der Waals surface area contributed by atoms with Crippen molar-refractivity contribution in [2.75, 3.05) is 7.05 Å². The third kappa shape index (κ3) is 2.54. The Morgan fingerprint density at radius 2 is 1.88 bits per heavy atom. The summed E-state index contributed by atoms with van der Waals surface area (Å²) in [6.07, 6.45) is 0. The van der Waals surface area contributed by atoms with Crippen molar-refractivity contribution in [3.63, 3.8) is 0 Å². The summed E-state index contributed by atoms with van der Waals surface area (Å²) in [5, 5.41) is 3.66. The minimum atomic E-state index is 0.0433. The van der Waals surface area contributed by atoms with Gasteiger partial charge < -0.3 is 9.73 Å². The van der Waals surface area contributed by atoms with E-state index < -0.39 is 0 Å². The van der Waals surface area contributed by atoms with Crippen LogP contribution in [-0.4, -0.2) is 7.05 Å². The quantitative estimate of drug-likeness (QED) is 0.894. The van der Waals surface area contributed by atoms with E-state index in [1.54, 1.807) is 6.07 Å². The molecule has 0 saturated heterocycles. The Kier molecular flexibility index (Phi) is 3.55. The molecular formula is C14H16ClNO. The molecule has 0 radical (unpaired) electrons. The van der Waals surface area contributed by atoms with Crippen molar-refractivity contribution < 1.29 is 4.42 Å². The average Bonchev–Trinajstić information content (AvgIpc) is 2.71. The molecule has 3 heteroatoms. The fourth-order valence-electron chi connectivity index (χ4n) is 1.90. The first-order chi connectivity index (χ1) is 8.11. The van der Waals surface area contributed by atoms with Crippen LogP contribution < -0.4 is 5.32 Å². The number of nitrogens with one attached hydrogen (secondary N) is 1. The van der Waals surface area contributed by atoms with E-state index >= 15 is 0 Å². The van der Waals surface area contributed by atoms with Crippen molar-refractivity contribution in [3.05, 3.63) is 58.0 Å². The second-order valence-electron chi connectivity index (χ2n) is 4.21.